The van der Waals surface area contributed by atoms with Crippen molar-refractivity contribution in [3.8, 4) is 0 Å². The van der Waals surface area contributed by atoms with Crippen molar-refractivity contribution < 1.29 is 0 Å². The summed E-state index contributed by atoms with van der Waals surface area (Å²) in [5, 5.41) is 0.170. The maximum atomic E-state index is 12.0. The molecule has 22 heavy (non-hydrogen) atoms. The van der Waals surface area contributed by atoms with E-state index in [1.165, 1.54) is 17.2 Å². The smallest absolute Gasteiger partial charge is 0.279 e. The third-order valence-electron chi connectivity index (χ3n) is 3.52. The van der Waals surface area contributed by atoms with Crippen LogP contribution in [-0.2, 0) is 20.5 Å². The van der Waals surface area contributed by atoms with Gasteiger partial charge in [-0.25, -0.2) is 14.8 Å². The summed E-state index contributed by atoms with van der Waals surface area (Å²) in [6, 6.07) is 9.96. The van der Waals surface area contributed by atoms with E-state index in [1.807, 2.05) is 30.3 Å². The lowest BCUT2D eigenvalue weighted by atomic mass is 10.2. The Bertz CT molecular complexity index is 984. The molecule has 0 saturated carbocycles. The van der Waals surface area contributed by atoms with Crippen molar-refractivity contribution in [2.45, 2.75) is 6.42 Å². The fraction of sp³-hybridized carbons (Fsp3) is 0.267. The van der Waals surface area contributed by atoms with E-state index in [2.05, 4.69) is 15.0 Å². The topological polar surface area (TPSA) is 81.1 Å². The standard InChI is InChI=1S/C15H15N5O2/c1-19-12-11(13(21)20(2)15(19)22)17-14(18-12)16-9-8-10-6-4-3-5-7-10/h3-7H,8-9H2,1-2H3. The number of nitrogens with zero attached hydrogens (tertiary/aromatic N) is 5. The molecule has 1 aliphatic heterocycles. The minimum Gasteiger partial charge on any atom is -0.279 e. The molecule has 0 saturated heterocycles. The molecule has 2 aromatic rings. The number of aromatic nitrogens is 2. The van der Waals surface area contributed by atoms with Crippen LogP contribution in [0.2, 0.25) is 0 Å². The van der Waals surface area contributed by atoms with Crippen molar-refractivity contribution >= 4 is 5.96 Å². The monoisotopic (exact) mass is 297 g/mol. The summed E-state index contributed by atoms with van der Waals surface area (Å²) in [5.41, 5.74) is 0.570. The summed E-state index contributed by atoms with van der Waals surface area (Å²) >= 11 is 0. The molecular formula is C15H15N5O2. The van der Waals surface area contributed by atoms with Gasteiger partial charge in [0.1, 0.15) is 0 Å². The highest BCUT2D eigenvalue weighted by Crippen LogP contribution is 1.99. The first-order valence-corrected chi connectivity index (χ1v) is 6.90. The van der Waals surface area contributed by atoms with E-state index < -0.39 is 11.2 Å². The molecule has 1 aromatic heterocycles. The van der Waals surface area contributed by atoms with Crippen molar-refractivity contribution in [1.82, 2.24) is 9.13 Å². The van der Waals surface area contributed by atoms with Gasteiger partial charge in [-0.2, -0.15) is 4.99 Å². The average molecular weight is 297 g/mol. The molecule has 0 N–H and O–H groups in total. The maximum absolute atomic E-state index is 12.0. The van der Waals surface area contributed by atoms with E-state index >= 15 is 0 Å². The molecule has 112 valence electrons. The number of rotatable bonds is 3. The van der Waals surface area contributed by atoms with Gasteiger partial charge in [0.15, 0.2) is 10.8 Å². The molecule has 0 amide bonds. The van der Waals surface area contributed by atoms with Gasteiger partial charge in [-0.1, -0.05) is 30.3 Å². The Morgan fingerprint density at radius 3 is 2.50 bits per heavy atom. The summed E-state index contributed by atoms with van der Waals surface area (Å²) < 4.78 is 2.32. The molecule has 2 heterocycles. The van der Waals surface area contributed by atoms with E-state index in [4.69, 9.17) is 0 Å². The number of benzene rings is 1. The fourth-order valence-electron chi connectivity index (χ4n) is 2.26. The van der Waals surface area contributed by atoms with Crippen LogP contribution in [0.15, 0.2) is 54.9 Å². The lowest BCUT2D eigenvalue weighted by Gasteiger charge is -1.98. The van der Waals surface area contributed by atoms with Crippen LogP contribution >= 0.6 is 0 Å². The van der Waals surface area contributed by atoms with Gasteiger partial charge in [0.2, 0.25) is 5.96 Å². The Labute approximate surface area is 125 Å². The zero-order valence-electron chi connectivity index (χ0n) is 12.4. The second kappa shape index (κ2) is 5.51. The van der Waals surface area contributed by atoms with Crippen LogP contribution in [0.4, 0.5) is 0 Å². The van der Waals surface area contributed by atoms with Crippen LogP contribution in [0, 0.1) is 0 Å². The number of hydrogen-bond donors (Lipinski definition) is 0. The Morgan fingerprint density at radius 1 is 1.05 bits per heavy atom. The molecular weight excluding hydrogens is 282 g/mol. The molecule has 7 heteroatoms. The first-order chi connectivity index (χ1) is 10.6. The number of guanidine groups is 1. The highest BCUT2D eigenvalue weighted by atomic mass is 16.2. The minimum absolute atomic E-state index is 0.170. The third kappa shape index (κ3) is 2.41. The Balaban J connectivity index is 1.92. The quantitative estimate of drug-likeness (QED) is 0.723. The van der Waals surface area contributed by atoms with Crippen LogP contribution in [0.3, 0.4) is 0 Å². The van der Waals surface area contributed by atoms with Crippen LogP contribution in [0.1, 0.15) is 5.56 Å². The Morgan fingerprint density at radius 2 is 1.77 bits per heavy atom. The van der Waals surface area contributed by atoms with Crippen molar-refractivity contribution in [3.63, 3.8) is 0 Å². The number of hydrogen-bond acceptors (Lipinski definition) is 3. The molecule has 0 atom stereocenters. The van der Waals surface area contributed by atoms with E-state index in [1.54, 1.807) is 7.05 Å². The zero-order chi connectivity index (χ0) is 15.7. The lowest BCUT2D eigenvalue weighted by molar-refractivity contribution is 0.648. The van der Waals surface area contributed by atoms with Crippen LogP contribution in [0.25, 0.3) is 0 Å². The number of fused-ring (bicyclic) bond motifs is 1. The minimum atomic E-state index is -0.449. The summed E-state index contributed by atoms with van der Waals surface area (Å²) in [6.07, 6.45) is 0.767. The van der Waals surface area contributed by atoms with E-state index in [9.17, 15) is 9.59 Å². The lowest BCUT2D eigenvalue weighted by Crippen LogP contribution is -2.55. The average Bonchev–Trinajstić information content (AvgIpc) is 2.96. The predicted octanol–water partition coefficient (Wildman–Crippen LogP) is -1.06. The molecule has 0 bridgehead atoms. The summed E-state index contributed by atoms with van der Waals surface area (Å²) in [7, 11) is 2.98. The fourth-order valence-corrected chi connectivity index (χ4v) is 2.26. The van der Waals surface area contributed by atoms with Crippen LogP contribution < -0.4 is 22.1 Å². The number of aliphatic imine (C=N–C) groups is 1. The van der Waals surface area contributed by atoms with Crippen LogP contribution in [0.5, 0.6) is 0 Å². The van der Waals surface area contributed by atoms with Gasteiger partial charge >= 0.3 is 5.69 Å². The molecule has 1 aliphatic rings. The normalized spacial score (nSPS) is 14.5. The van der Waals surface area contributed by atoms with Crippen molar-refractivity contribution in [1.29, 1.82) is 0 Å². The Hall–Kier alpha value is -2.83. The molecule has 1 aromatic carbocycles. The van der Waals surface area contributed by atoms with Gasteiger partial charge in [0, 0.05) is 20.6 Å². The van der Waals surface area contributed by atoms with Gasteiger partial charge < -0.3 is 0 Å². The van der Waals surface area contributed by atoms with E-state index in [0.29, 0.717) is 6.54 Å². The molecule has 0 unspecified atom stereocenters. The second-order valence-corrected chi connectivity index (χ2v) is 5.02. The van der Waals surface area contributed by atoms with Gasteiger partial charge in [0.25, 0.3) is 5.56 Å². The summed E-state index contributed by atoms with van der Waals surface area (Å²) in [5.74, 6) is 0.240. The molecule has 0 aliphatic carbocycles. The Kier molecular flexibility index (Phi) is 3.54. The SMILES string of the molecule is Cn1c(=O)c2c(n(C)c1=O)=NC(=NCCc1ccccc1)N=2. The highest BCUT2D eigenvalue weighted by Gasteiger charge is 2.13. The molecule has 0 radical (unpaired) electrons. The predicted molar refractivity (Wildman–Crippen MR) is 81.7 cm³/mol. The molecule has 3 rings (SSSR count). The van der Waals surface area contributed by atoms with Gasteiger partial charge in [-0.05, 0) is 12.0 Å². The molecule has 0 spiro atoms. The van der Waals surface area contributed by atoms with Gasteiger partial charge in [0.05, 0.1) is 0 Å². The summed E-state index contributed by atoms with van der Waals surface area (Å²) in [4.78, 5) is 36.5. The largest absolute Gasteiger partial charge is 0.332 e. The van der Waals surface area contributed by atoms with E-state index in [-0.39, 0.29) is 16.8 Å². The van der Waals surface area contributed by atoms with Gasteiger partial charge in [-0.15, -0.1) is 0 Å². The zero-order valence-corrected chi connectivity index (χ0v) is 12.4. The first kappa shape index (κ1) is 14.1. The van der Waals surface area contributed by atoms with Crippen molar-refractivity contribution in [3.05, 3.63) is 67.6 Å². The maximum Gasteiger partial charge on any atom is 0.332 e. The molecule has 7 nitrogen and oxygen atoms in total. The molecule has 0 fully saturated rings. The summed E-state index contributed by atoms with van der Waals surface area (Å²) in [6.45, 7) is 0.522. The van der Waals surface area contributed by atoms with Crippen molar-refractivity contribution in [2.75, 3.05) is 6.54 Å². The van der Waals surface area contributed by atoms with Crippen molar-refractivity contribution in [2.24, 2.45) is 29.1 Å². The second-order valence-electron chi connectivity index (χ2n) is 5.02. The van der Waals surface area contributed by atoms with E-state index in [0.717, 1.165) is 11.0 Å². The van der Waals surface area contributed by atoms with Crippen LogP contribution in [-0.4, -0.2) is 21.6 Å². The third-order valence-corrected chi connectivity index (χ3v) is 3.52. The first-order valence-electron chi connectivity index (χ1n) is 6.90. The highest BCUT2D eigenvalue weighted by molar-refractivity contribution is 5.82. The van der Waals surface area contributed by atoms with Gasteiger partial charge in [-0.3, -0.25) is 13.9 Å².